The zero-order chi connectivity index (χ0) is 15.4. The lowest BCUT2D eigenvalue weighted by Gasteiger charge is -2.22. The van der Waals surface area contributed by atoms with Crippen LogP contribution in [0.4, 0.5) is 0 Å². The monoisotopic (exact) mass is 412 g/mol. The molecule has 1 atom stereocenters. The lowest BCUT2D eigenvalue weighted by atomic mass is 9.98. The van der Waals surface area contributed by atoms with Crippen molar-refractivity contribution in [3.05, 3.63) is 62.5 Å². The molecule has 21 heavy (non-hydrogen) atoms. The number of ether oxygens (including phenoxy) is 1. The van der Waals surface area contributed by atoms with Gasteiger partial charge in [-0.3, -0.25) is 5.84 Å². The Morgan fingerprint density at radius 3 is 2.38 bits per heavy atom. The predicted octanol–water partition coefficient (Wildman–Crippen LogP) is 4.55. The fraction of sp³-hybridized carbons (Fsp3) is 0.250. The lowest BCUT2D eigenvalue weighted by molar-refractivity contribution is 0.238. The first-order valence-corrected chi connectivity index (χ1v) is 8.28. The van der Waals surface area contributed by atoms with Crippen molar-refractivity contribution >= 4 is 31.9 Å². The Kier molecular flexibility index (Phi) is 5.81. The summed E-state index contributed by atoms with van der Waals surface area (Å²) in [5.41, 5.74) is 4.95. The van der Waals surface area contributed by atoms with Crippen LogP contribution in [-0.2, 0) is 0 Å². The number of nitrogens with one attached hydrogen (secondary N) is 1. The molecule has 0 aliphatic heterocycles. The molecular formula is C16H18Br2N2O. The van der Waals surface area contributed by atoms with Crippen LogP contribution in [0.2, 0.25) is 0 Å². The molecule has 3 nitrogen and oxygen atoms in total. The van der Waals surface area contributed by atoms with Gasteiger partial charge in [-0.1, -0.05) is 56.1 Å². The number of benzene rings is 2. The number of halogens is 2. The molecule has 3 N–H and O–H groups in total. The topological polar surface area (TPSA) is 47.3 Å². The van der Waals surface area contributed by atoms with Gasteiger partial charge >= 0.3 is 0 Å². The maximum absolute atomic E-state index is 5.89. The van der Waals surface area contributed by atoms with E-state index in [0.29, 0.717) is 0 Å². The summed E-state index contributed by atoms with van der Waals surface area (Å²) < 4.78 is 7.89. The second-order valence-electron chi connectivity index (χ2n) is 4.97. The Morgan fingerprint density at radius 2 is 1.76 bits per heavy atom. The highest BCUT2D eigenvalue weighted by Gasteiger charge is 2.19. The maximum Gasteiger partial charge on any atom is 0.124 e. The SMILES string of the molecule is CC(C)Oc1ccccc1C(NN)c1ccc(Br)cc1Br. The first-order chi connectivity index (χ1) is 10.0. The van der Waals surface area contributed by atoms with Crippen molar-refractivity contribution in [3.8, 4) is 5.75 Å². The quantitative estimate of drug-likeness (QED) is 0.558. The van der Waals surface area contributed by atoms with Gasteiger partial charge in [-0.2, -0.15) is 0 Å². The summed E-state index contributed by atoms with van der Waals surface area (Å²) in [6, 6.07) is 13.8. The summed E-state index contributed by atoms with van der Waals surface area (Å²) in [6.07, 6.45) is 0.109. The average molecular weight is 414 g/mol. The molecule has 0 fully saturated rings. The van der Waals surface area contributed by atoms with Gasteiger partial charge in [0.05, 0.1) is 12.1 Å². The number of hydrogen-bond donors (Lipinski definition) is 2. The Balaban J connectivity index is 2.46. The van der Waals surface area contributed by atoms with Crippen LogP contribution in [0.15, 0.2) is 51.4 Å². The molecule has 2 aromatic carbocycles. The second-order valence-corrected chi connectivity index (χ2v) is 6.74. The molecule has 0 saturated heterocycles. The van der Waals surface area contributed by atoms with Crippen molar-refractivity contribution in [2.45, 2.75) is 26.0 Å². The smallest absolute Gasteiger partial charge is 0.124 e. The van der Waals surface area contributed by atoms with Gasteiger partial charge in [0, 0.05) is 14.5 Å². The van der Waals surface area contributed by atoms with Crippen molar-refractivity contribution < 1.29 is 4.74 Å². The van der Waals surface area contributed by atoms with Gasteiger partial charge in [0.1, 0.15) is 5.75 Å². The average Bonchev–Trinajstić information content (AvgIpc) is 2.43. The standard InChI is InChI=1S/C16H18Br2N2O/c1-10(2)21-15-6-4-3-5-13(15)16(20-19)12-8-7-11(17)9-14(12)18/h3-10,16,20H,19H2,1-2H3. The summed E-state index contributed by atoms with van der Waals surface area (Å²) in [6.45, 7) is 4.02. The van der Waals surface area contributed by atoms with Crippen molar-refractivity contribution in [2.24, 2.45) is 5.84 Å². The minimum absolute atomic E-state index is 0.109. The summed E-state index contributed by atoms with van der Waals surface area (Å²) in [4.78, 5) is 0. The lowest BCUT2D eigenvalue weighted by Crippen LogP contribution is -2.29. The van der Waals surface area contributed by atoms with Crippen LogP contribution in [0.5, 0.6) is 5.75 Å². The fourth-order valence-corrected chi connectivity index (χ4v) is 3.44. The maximum atomic E-state index is 5.89. The highest BCUT2D eigenvalue weighted by atomic mass is 79.9. The zero-order valence-electron chi connectivity index (χ0n) is 11.9. The number of para-hydroxylation sites is 1. The van der Waals surface area contributed by atoms with Gasteiger partial charge in [-0.05, 0) is 37.6 Å². The molecule has 112 valence electrons. The molecule has 0 aliphatic rings. The van der Waals surface area contributed by atoms with Crippen molar-refractivity contribution in [1.82, 2.24) is 5.43 Å². The van der Waals surface area contributed by atoms with Crippen LogP contribution in [0.25, 0.3) is 0 Å². The Labute approximate surface area is 142 Å². The third-order valence-corrected chi connectivity index (χ3v) is 4.21. The van der Waals surface area contributed by atoms with E-state index in [4.69, 9.17) is 10.6 Å². The highest BCUT2D eigenvalue weighted by Crippen LogP contribution is 2.34. The molecule has 0 amide bonds. The van der Waals surface area contributed by atoms with Gasteiger partial charge in [0.25, 0.3) is 0 Å². The Bertz CT molecular complexity index is 617. The van der Waals surface area contributed by atoms with Gasteiger partial charge in [-0.15, -0.1) is 0 Å². The predicted molar refractivity (Wildman–Crippen MR) is 93.2 cm³/mol. The summed E-state index contributed by atoms with van der Waals surface area (Å²) in [5, 5.41) is 0. The first-order valence-electron chi connectivity index (χ1n) is 6.69. The van der Waals surface area contributed by atoms with E-state index in [0.717, 1.165) is 25.8 Å². The summed E-state index contributed by atoms with van der Waals surface area (Å²) >= 11 is 7.06. The van der Waals surface area contributed by atoms with E-state index in [-0.39, 0.29) is 12.1 Å². The second kappa shape index (κ2) is 7.40. The van der Waals surface area contributed by atoms with Crippen LogP contribution in [0.3, 0.4) is 0 Å². The largest absolute Gasteiger partial charge is 0.491 e. The van der Waals surface area contributed by atoms with Crippen LogP contribution in [0, 0.1) is 0 Å². The molecule has 0 spiro atoms. The Hall–Kier alpha value is -0.880. The zero-order valence-corrected chi connectivity index (χ0v) is 15.1. The van der Waals surface area contributed by atoms with E-state index in [2.05, 4.69) is 37.3 Å². The van der Waals surface area contributed by atoms with Crippen molar-refractivity contribution in [2.75, 3.05) is 0 Å². The Morgan fingerprint density at radius 1 is 1.05 bits per heavy atom. The van der Waals surface area contributed by atoms with Crippen molar-refractivity contribution in [1.29, 1.82) is 0 Å². The molecule has 0 radical (unpaired) electrons. The molecule has 0 bridgehead atoms. The minimum atomic E-state index is -0.151. The first kappa shape index (κ1) is 16.5. The molecule has 0 saturated carbocycles. The van der Waals surface area contributed by atoms with Gasteiger partial charge in [-0.25, -0.2) is 5.43 Å². The van der Waals surface area contributed by atoms with Gasteiger partial charge < -0.3 is 4.74 Å². The number of nitrogens with two attached hydrogens (primary N) is 1. The molecule has 5 heteroatoms. The van der Waals surface area contributed by atoms with E-state index in [1.807, 2.05) is 56.3 Å². The third-order valence-electron chi connectivity index (χ3n) is 3.03. The van der Waals surface area contributed by atoms with Gasteiger partial charge in [0.2, 0.25) is 0 Å². The van der Waals surface area contributed by atoms with Crippen LogP contribution in [0.1, 0.15) is 31.0 Å². The van der Waals surface area contributed by atoms with E-state index in [9.17, 15) is 0 Å². The van der Waals surface area contributed by atoms with Crippen LogP contribution >= 0.6 is 31.9 Å². The van der Waals surface area contributed by atoms with E-state index >= 15 is 0 Å². The molecule has 0 aromatic heterocycles. The summed E-state index contributed by atoms with van der Waals surface area (Å²) in [7, 11) is 0. The van der Waals surface area contributed by atoms with Crippen molar-refractivity contribution in [3.63, 3.8) is 0 Å². The van der Waals surface area contributed by atoms with Gasteiger partial charge in [0.15, 0.2) is 0 Å². The number of hydrazine groups is 1. The molecule has 0 heterocycles. The van der Waals surface area contributed by atoms with E-state index in [1.54, 1.807) is 0 Å². The molecular weight excluding hydrogens is 396 g/mol. The third kappa shape index (κ3) is 4.07. The van der Waals surface area contributed by atoms with E-state index < -0.39 is 0 Å². The number of hydrogen-bond acceptors (Lipinski definition) is 3. The van der Waals surface area contributed by atoms with E-state index in [1.165, 1.54) is 0 Å². The molecule has 0 aliphatic carbocycles. The summed E-state index contributed by atoms with van der Waals surface area (Å²) in [5.74, 6) is 6.64. The fourth-order valence-electron chi connectivity index (χ4n) is 2.16. The molecule has 1 unspecified atom stereocenters. The number of rotatable bonds is 5. The normalized spacial score (nSPS) is 12.5. The highest BCUT2D eigenvalue weighted by molar-refractivity contribution is 9.11. The molecule has 2 rings (SSSR count). The molecule has 2 aromatic rings. The minimum Gasteiger partial charge on any atom is -0.491 e. The van der Waals surface area contributed by atoms with Crippen LogP contribution in [-0.4, -0.2) is 6.10 Å². The van der Waals surface area contributed by atoms with Crippen LogP contribution < -0.4 is 16.0 Å².